The van der Waals surface area contributed by atoms with Gasteiger partial charge in [-0.3, -0.25) is 0 Å². The van der Waals surface area contributed by atoms with Crippen molar-refractivity contribution in [1.82, 2.24) is 5.32 Å². The lowest BCUT2D eigenvalue weighted by molar-refractivity contribution is -0.0257. The molecule has 1 atom stereocenters. The Balaban J connectivity index is 1.77. The third kappa shape index (κ3) is 4.60. The Morgan fingerprint density at radius 3 is 2.30 bits per heavy atom. The van der Waals surface area contributed by atoms with Gasteiger partial charge in [-0.25, -0.2) is 0 Å². The molecule has 0 bridgehead atoms. The number of aliphatic hydroxyl groups is 1. The number of benzene rings is 1. The first-order valence-corrected chi connectivity index (χ1v) is 7.88. The molecule has 1 fully saturated rings. The van der Waals surface area contributed by atoms with Crippen LogP contribution < -0.4 is 5.32 Å². The highest BCUT2D eigenvalue weighted by Gasteiger charge is 2.36. The summed E-state index contributed by atoms with van der Waals surface area (Å²) in [7, 11) is 0. The summed E-state index contributed by atoms with van der Waals surface area (Å²) in [4.78, 5) is 0. The molecule has 1 aromatic rings. The van der Waals surface area contributed by atoms with Gasteiger partial charge >= 0.3 is 0 Å². The summed E-state index contributed by atoms with van der Waals surface area (Å²) in [5, 5.41) is 14.2. The predicted octanol–water partition coefficient (Wildman–Crippen LogP) is 3.54. The summed E-state index contributed by atoms with van der Waals surface area (Å²) in [6.45, 7) is 7.52. The van der Waals surface area contributed by atoms with Gasteiger partial charge in [-0.2, -0.15) is 0 Å². The SMILES string of the molecule is CC(Cc1ccccc1)NCC1(O)CCC(C)(C)CC1. The Kier molecular flexibility index (Phi) is 4.87. The van der Waals surface area contributed by atoms with E-state index in [1.807, 2.05) is 6.07 Å². The number of hydrogen-bond acceptors (Lipinski definition) is 2. The van der Waals surface area contributed by atoms with Gasteiger partial charge in [-0.15, -0.1) is 0 Å². The normalized spacial score (nSPS) is 22.4. The minimum atomic E-state index is -0.500. The summed E-state index contributed by atoms with van der Waals surface area (Å²) in [5.74, 6) is 0. The molecule has 0 aromatic heterocycles. The Hall–Kier alpha value is -0.860. The first-order valence-electron chi connectivity index (χ1n) is 7.88. The Morgan fingerprint density at radius 2 is 1.70 bits per heavy atom. The molecule has 0 saturated heterocycles. The van der Waals surface area contributed by atoms with Crippen LogP contribution in [0.1, 0.15) is 52.0 Å². The lowest BCUT2D eigenvalue weighted by Gasteiger charge is -2.40. The quantitative estimate of drug-likeness (QED) is 0.861. The third-order valence-electron chi connectivity index (χ3n) is 4.70. The Labute approximate surface area is 123 Å². The van der Waals surface area contributed by atoms with Crippen molar-refractivity contribution >= 4 is 0 Å². The van der Waals surface area contributed by atoms with Crippen molar-refractivity contribution < 1.29 is 5.11 Å². The largest absolute Gasteiger partial charge is 0.389 e. The van der Waals surface area contributed by atoms with Crippen LogP contribution >= 0.6 is 0 Å². The van der Waals surface area contributed by atoms with Crippen molar-refractivity contribution in [2.45, 2.75) is 64.5 Å². The van der Waals surface area contributed by atoms with Gasteiger partial charge in [0.05, 0.1) is 5.60 Å². The summed E-state index contributed by atoms with van der Waals surface area (Å²) in [5.41, 5.74) is 1.26. The Bertz CT molecular complexity index is 403. The van der Waals surface area contributed by atoms with Crippen LogP contribution in [0.2, 0.25) is 0 Å². The fourth-order valence-corrected chi connectivity index (χ4v) is 2.97. The summed E-state index contributed by atoms with van der Waals surface area (Å²) in [6, 6.07) is 10.9. The van der Waals surface area contributed by atoms with Crippen LogP contribution in [0.3, 0.4) is 0 Å². The van der Waals surface area contributed by atoms with E-state index in [9.17, 15) is 5.11 Å². The van der Waals surface area contributed by atoms with E-state index >= 15 is 0 Å². The van der Waals surface area contributed by atoms with E-state index in [2.05, 4.69) is 50.4 Å². The van der Waals surface area contributed by atoms with E-state index < -0.39 is 5.60 Å². The third-order valence-corrected chi connectivity index (χ3v) is 4.70. The average molecular weight is 275 g/mol. The van der Waals surface area contributed by atoms with Gasteiger partial charge in [0.15, 0.2) is 0 Å². The van der Waals surface area contributed by atoms with E-state index in [0.717, 1.165) is 38.6 Å². The fourth-order valence-electron chi connectivity index (χ4n) is 2.97. The van der Waals surface area contributed by atoms with Gasteiger partial charge in [0, 0.05) is 12.6 Å². The molecule has 0 amide bonds. The molecule has 1 saturated carbocycles. The molecule has 1 aliphatic carbocycles. The second kappa shape index (κ2) is 6.28. The summed E-state index contributed by atoms with van der Waals surface area (Å²) in [6.07, 6.45) is 5.11. The average Bonchev–Trinajstić information content (AvgIpc) is 2.42. The maximum absolute atomic E-state index is 10.7. The van der Waals surface area contributed by atoms with E-state index in [-0.39, 0.29) is 0 Å². The zero-order valence-corrected chi connectivity index (χ0v) is 13.2. The van der Waals surface area contributed by atoms with Crippen molar-refractivity contribution in [1.29, 1.82) is 0 Å². The highest BCUT2D eigenvalue weighted by Crippen LogP contribution is 2.39. The van der Waals surface area contributed by atoms with Crippen molar-refractivity contribution in [2.24, 2.45) is 5.41 Å². The topological polar surface area (TPSA) is 32.3 Å². The van der Waals surface area contributed by atoms with E-state index in [1.54, 1.807) is 0 Å². The lowest BCUT2D eigenvalue weighted by Crippen LogP contribution is -2.47. The van der Waals surface area contributed by atoms with Gasteiger partial charge in [0.2, 0.25) is 0 Å². The molecule has 112 valence electrons. The first-order chi connectivity index (χ1) is 9.39. The monoisotopic (exact) mass is 275 g/mol. The second-order valence-electron chi connectivity index (χ2n) is 7.36. The second-order valence-corrected chi connectivity index (χ2v) is 7.36. The predicted molar refractivity (Wildman–Crippen MR) is 84.8 cm³/mol. The van der Waals surface area contributed by atoms with E-state index in [4.69, 9.17) is 0 Å². The van der Waals surface area contributed by atoms with Gasteiger partial charge < -0.3 is 10.4 Å². The summed E-state index contributed by atoms with van der Waals surface area (Å²) < 4.78 is 0. The molecular weight excluding hydrogens is 246 g/mol. The number of hydrogen-bond donors (Lipinski definition) is 2. The molecule has 1 aliphatic rings. The van der Waals surface area contributed by atoms with E-state index in [0.29, 0.717) is 11.5 Å². The van der Waals surface area contributed by atoms with Crippen molar-refractivity contribution in [3.05, 3.63) is 35.9 Å². The molecule has 0 aliphatic heterocycles. The van der Waals surface area contributed by atoms with Crippen LogP contribution in [0.15, 0.2) is 30.3 Å². The number of nitrogens with one attached hydrogen (secondary N) is 1. The maximum atomic E-state index is 10.7. The highest BCUT2D eigenvalue weighted by molar-refractivity contribution is 5.15. The molecule has 1 aromatic carbocycles. The molecule has 0 heterocycles. The number of rotatable bonds is 5. The molecule has 2 N–H and O–H groups in total. The van der Waals surface area contributed by atoms with Crippen LogP contribution in [-0.4, -0.2) is 23.3 Å². The minimum absolute atomic E-state index is 0.399. The fraction of sp³-hybridized carbons (Fsp3) is 0.667. The lowest BCUT2D eigenvalue weighted by atomic mass is 9.71. The highest BCUT2D eigenvalue weighted by atomic mass is 16.3. The van der Waals surface area contributed by atoms with Crippen molar-refractivity contribution in [3.8, 4) is 0 Å². The molecular formula is C18H29NO. The molecule has 20 heavy (non-hydrogen) atoms. The van der Waals surface area contributed by atoms with Crippen molar-refractivity contribution in [3.63, 3.8) is 0 Å². The smallest absolute Gasteiger partial charge is 0.0772 e. The molecule has 2 nitrogen and oxygen atoms in total. The van der Waals surface area contributed by atoms with Gasteiger partial charge in [-0.05, 0) is 50.0 Å². The van der Waals surface area contributed by atoms with Gasteiger partial charge in [0.25, 0.3) is 0 Å². The van der Waals surface area contributed by atoms with Crippen LogP contribution in [-0.2, 0) is 6.42 Å². The van der Waals surface area contributed by atoms with Crippen LogP contribution in [0, 0.1) is 5.41 Å². The zero-order chi connectivity index (χ0) is 14.6. The maximum Gasteiger partial charge on any atom is 0.0772 e. The molecule has 2 heteroatoms. The molecule has 0 radical (unpaired) electrons. The van der Waals surface area contributed by atoms with Crippen LogP contribution in [0.4, 0.5) is 0 Å². The minimum Gasteiger partial charge on any atom is -0.389 e. The molecule has 2 rings (SSSR count). The Morgan fingerprint density at radius 1 is 1.10 bits per heavy atom. The van der Waals surface area contributed by atoms with Gasteiger partial charge in [-0.1, -0.05) is 44.2 Å². The molecule has 1 unspecified atom stereocenters. The zero-order valence-electron chi connectivity index (χ0n) is 13.2. The van der Waals surface area contributed by atoms with Crippen LogP contribution in [0.25, 0.3) is 0 Å². The first kappa shape index (κ1) is 15.5. The van der Waals surface area contributed by atoms with Crippen LogP contribution in [0.5, 0.6) is 0 Å². The molecule has 0 spiro atoms. The summed E-state index contributed by atoms with van der Waals surface area (Å²) >= 11 is 0. The van der Waals surface area contributed by atoms with E-state index in [1.165, 1.54) is 5.56 Å². The standard InChI is InChI=1S/C18H29NO/c1-15(13-16-7-5-4-6-8-16)19-14-18(20)11-9-17(2,3)10-12-18/h4-8,15,19-20H,9-14H2,1-3H3. The van der Waals surface area contributed by atoms with Crippen molar-refractivity contribution in [2.75, 3.05) is 6.54 Å². The van der Waals surface area contributed by atoms with Gasteiger partial charge in [0.1, 0.15) is 0 Å².